The van der Waals surface area contributed by atoms with Crippen molar-refractivity contribution in [2.75, 3.05) is 0 Å². The molecular weight excluding hydrogens is 320 g/mol. The van der Waals surface area contributed by atoms with E-state index in [1.54, 1.807) is 11.3 Å². The van der Waals surface area contributed by atoms with Crippen LogP contribution in [0.1, 0.15) is 30.4 Å². The quantitative estimate of drug-likeness (QED) is 0.561. The van der Waals surface area contributed by atoms with Gasteiger partial charge in [-0.15, -0.1) is 10.2 Å². The third-order valence-corrected chi connectivity index (χ3v) is 4.84. The van der Waals surface area contributed by atoms with Crippen molar-refractivity contribution in [1.82, 2.24) is 29.6 Å². The molecule has 0 fully saturated rings. The van der Waals surface area contributed by atoms with E-state index in [9.17, 15) is 0 Å². The Morgan fingerprint density at radius 3 is 2.71 bits per heavy atom. The molecule has 0 amide bonds. The highest BCUT2D eigenvalue weighted by atomic mass is 32.1. The molecular formula is C17H18N6S. The molecule has 1 aromatic carbocycles. The summed E-state index contributed by atoms with van der Waals surface area (Å²) in [6.07, 6.45) is 2.79. The van der Waals surface area contributed by atoms with Crippen LogP contribution in [0.15, 0.2) is 36.4 Å². The summed E-state index contributed by atoms with van der Waals surface area (Å²) < 4.78 is 3.74. The SMILES string of the molecule is CCCc1cc(-c2nn3c(Cc4ccccc4)nnc3s2)n(C)n1. The van der Waals surface area contributed by atoms with Gasteiger partial charge in [0.15, 0.2) is 10.8 Å². The van der Waals surface area contributed by atoms with E-state index in [1.165, 1.54) is 5.56 Å². The maximum absolute atomic E-state index is 4.72. The topological polar surface area (TPSA) is 60.9 Å². The van der Waals surface area contributed by atoms with E-state index in [4.69, 9.17) is 5.10 Å². The molecule has 3 aromatic heterocycles. The average Bonchev–Trinajstić information content (AvgIpc) is 3.25. The lowest BCUT2D eigenvalue weighted by Crippen LogP contribution is -1.99. The molecule has 122 valence electrons. The number of benzene rings is 1. The molecule has 6 nitrogen and oxygen atoms in total. The molecule has 0 unspecified atom stereocenters. The summed E-state index contributed by atoms with van der Waals surface area (Å²) in [6.45, 7) is 2.16. The Morgan fingerprint density at radius 1 is 1.08 bits per heavy atom. The lowest BCUT2D eigenvalue weighted by Gasteiger charge is -1.98. The fourth-order valence-corrected chi connectivity index (χ4v) is 3.66. The molecule has 0 N–H and O–H groups in total. The molecule has 0 aliphatic carbocycles. The standard InChI is InChI=1S/C17H18N6S/c1-3-7-13-11-14(22(2)20-13)16-21-23-15(18-19-17(23)24-16)10-12-8-5-4-6-9-12/h4-6,8-9,11H,3,7,10H2,1-2H3. The Hall–Kier alpha value is -2.54. The van der Waals surface area contributed by atoms with E-state index in [0.29, 0.717) is 0 Å². The second kappa shape index (κ2) is 6.16. The Labute approximate surface area is 143 Å². The minimum atomic E-state index is 0.720. The number of hydrogen-bond donors (Lipinski definition) is 0. The molecule has 3 heterocycles. The number of rotatable bonds is 5. The van der Waals surface area contributed by atoms with Gasteiger partial charge in [-0.3, -0.25) is 4.68 Å². The third kappa shape index (κ3) is 2.71. The van der Waals surface area contributed by atoms with Gasteiger partial charge < -0.3 is 0 Å². The smallest absolute Gasteiger partial charge is 0.235 e. The van der Waals surface area contributed by atoms with Crippen LogP contribution >= 0.6 is 11.3 Å². The van der Waals surface area contributed by atoms with Crippen LogP contribution in [0.3, 0.4) is 0 Å². The van der Waals surface area contributed by atoms with Crippen LogP contribution in [0, 0.1) is 0 Å². The van der Waals surface area contributed by atoms with E-state index in [1.807, 2.05) is 34.4 Å². The van der Waals surface area contributed by atoms with Gasteiger partial charge in [-0.2, -0.15) is 14.7 Å². The van der Waals surface area contributed by atoms with Gasteiger partial charge in [0.25, 0.3) is 0 Å². The van der Waals surface area contributed by atoms with E-state index in [2.05, 4.69) is 40.4 Å². The van der Waals surface area contributed by atoms with Gasteiger partial charge >= 0.3 is 0 Å². The second-order valence-corrected chi connectivity index (χ2v) is 6.73. The first kappa shape index (κ1) is 15.0. The second-order valence-electron chi connectivity index (χ2n) is 5.77. The van der Waals surface area contributed by atoms with Gasteiger partial charge in [0.2, 0.25) is 4.96 Å². The van der Waals surface area contributed by atoms with E-state index in [-0.39, 0.29) is 0 Å². The summed E-state index contributed by atoms with van der Waals surface area (Å²) in [5.74, 6) is 0.856. The minimum Gasteiger partial charge on any atom is -0.265 e. The molecule has 7 heteroatoms. The van der Waals surface area contributed by atoms with Crippen molar-refractivity contribution in [1.29, 1.82) is 0 Å². The molecule has 0 radical (unpaired) electrons. The van der Waals surface area contributed by atoms with Crippen LogP contribution in [-0.4, -0.2) is 29.6 Å². The van der Waals surface area contributed by atoms with Crippen molar-refractivity contribution in [3.8, 4) is 10.7 Å². The molecule has 0 atom stereocenters. The first-order valence-electron chi connectivity index (χ1n) is 8.03. The lowest BCUT2D eigenvalue weighted by atomic mass is 10.1. The maximum atomic E-state index is 4.72. The Balaban J connectivity index is 1.69. The van der Waals surface area contributed by atoms with Crippen LogP contribution in [0.25, 0.3) is 15.7 Å². The molecule has 0 saturated carbocycles. The van der Waals surface area contributed by atoms with E-state index < -0.39 is 0 Å². The zero-order chi connectivity index (χ0) is 16.5. The van der Waals surface area contributed by atoms with Gasteiger partial charge in [-0.05, 0) is 18.1 Å². The molecule has 4 aromatic rings. The van der Waals surface area contributed by atoms with E-state index >= 15 is 0 Å². The fourth-order valence-electron chi connectivity index (χ4n) is 2.75. The number of nitrogens with zero attached hydrogens (tertiary/aromatic N) is 6. The third-order valence-electron chi connectivity index (χ3n) is 3.92. The van der Waals surface area contributed by atoms with E-state index in [0.717, 1.165) is 46.4 Å². The highest BCUT2D eigenvalue weighted by Gasteiger charge is 2.16. The fraction of sp³-hybridized carbons (Fsp3) is 0.294. The monoisotopic (exact) mass is 338 g/mol. The molecule has 4 rings (SSSR count). The Kier molecular flexibility index (Phi) is 3.86. The number of fused-ring (bicyclic) bond motifs is 1. The largest absolute Gasteiger partial charge is 0.265 e. The van der Waals surface area contributed by atoms with Crippen LogP contribution in [0.5, 0.6) is 0 Å². The van der Waals surface area contributed by atoms with Gasteiger partial charge in [-0.1, -0.05) is 55.0 Å². The first-order valence-corrected chi connectivity index (χ1v) is 8.84. The molecule has 0 saturated heterocycles. The maximum Gasteiger partial charge on any atom is 0.235 e. The van der Waals surface area contributed by atoms with Gasteiger partial charge in [0.1, 0.15) is 0 Å². The van der Waals surface area contributed by atoms with Crippen molar-refractivity contribution in [2.24, 2.45) is 7.05 Å². The highest BCUT2D eigenvalue weighted by molar-refractivity contribution is 7.19. The highest BCUT2D eigenvalue weighted by Crippen LogP contribution is 2.26. The zero-order valence-electron chi connectivity index (χ0n) is 13.7. The summed E-state index contributed by atoms with van der Waals surface area (Å²) in [7, 11) is 1.96. The van der Waals surface area contributed by atoms with Crippen LogP contribution in [-0.2, 0) is 19.9 Å². The Morgan fingerprint density at radius 2 is 1.92 bits per heavy atom. The van der Waals surface area contributed by atoms with Crippen LogP contribution < -0.4 is 0 Å². The number of aryl methyl sites for hydroxylation is 2. The van der Waals surface area contributed by atoms with Gasteiger partial charge in [-0.25, -0.2) is 0 Å². The summed E-state index contributed by atoms with van der Waals surface area (Å²) in [5.41, 5.74) is 3.33. The van der Waals surface area contributed by atoms with Crippen molar-refractivity contribution in [2.45, 2.75) is 26.2 Å². The summed E-state index contributed by atoms with van der Waals surface area (Å²) in [4.78, 5) is 0.814. The predicted octanol–water partition coefficient (Wildman–Crippen LogP) is 3.13. The summed E-state index contributed by atoms with van der Waals surface area (Å²) >= 11 is 1.54. The lowest BCUT2D eigenvalue weighted by molar-refractivity contribution is 0.736. The summed E-state index contributed by atoms with van der Waals surface area (Å²) in [6, 6.07) is 12.4. The van der Waals surface area contributed by atoms with Crippen molar-refractivity contribution < 1.29 is 0 Å². The van der Waals surface area contributed by atoms with Gasteiger partial charge in [0, 0.05) is 13.5 Å². The predicted molar refractivity (Wildman–Crippen MR) is 94.1 cm³/mol. The molecule has 24 heavy (non-hydrogen) atoms. The first-order chi connectivity index (χ1) is 11.7. The Bertz CT molecular complexity index is 966. The van der Waals surface area contributed by atoms with Gasteiger partial charge in [0.05, 0.1) is 11.4 Å². The average molecular weight is 338 g/mol. The molecule has 0 bridgehead atoms. The van der Waals surface area contributed by atoms with Crippen LogP contribution in [0.2, 0.25) is 0 Å². The zero-order valence-corrected chi connectivity index (χ0v) is 14.5. The van der Waals surface area contributed by atoms with Crippen molar-refractivity contribution in [3.05, 3.63) is 53.5 Å². The minimum absolute atomic E-state index is 0.720. The summed E-state index contributed by atoms with van der Waals surface area (Å²) in [5, 5.41) is 18.8. The molecule has 0 aliphatic heterocycles. The normalized spacial score (nSPS) is 11.4. The van der Waals surface area contributed by atoms with Crippen molar-refractivity contribution in [3.63, 3.8) is 0 Å². The molecule has 0 spiro atoms. The number of aromatic nitrogens is 6. The number of hydrogen-bond acceptors (Lipinski definition) is 5. The van der Waals surface area contributed by atoms with Crippen molar-refractivity contribution >= 4 is 16.3 Å². The van der Waals surface area contributed by atoms with Crippen LogP contribution in [0.4, 0.5) is 0 Å². The molecule has 0 aliphatic rings.